The first-order valence-electron chi connectivity index (χ1n) is 10.2. The summed E-state index contributed by atoms with van der Waals surface area (Å²) in [6, 6.07) is 11.8. The van der Waals surface area contributed by atoms with Crippen LogP contribution in [0.3, 0.4) is 0 Å². The van der Waals surface area contributed by atoms with Crippen molar-refractivity contribution in [2.24, 2.45) is 0 Å². The molecule has 2 aromatic carbocycles. The third-order valence-electron chi connectivity index (χ3n) is 5.09. The lowest BCUT2D eigenvalue weighted by atomic mass is 10.1. The van der Waals surface area contributed by atoms with E-state index in [4.69, 9.17) is 19.2 Å². The molecule has 1 N–H and O–H groups in total. The molecular formula is C22H21BrN4O3S. The summed E-state index contributed by atoms with van der Waals surface area (Å²) >= 11 is 5.25. The van der Waals surface area contributed by atoms with Crippen LogP contribution in [0.4, 0.5) is 5.69 Å². The minimum atomic E-state index is -0.499. The second-order valence-electron chi connectivity index (χ2n) is 7.22. The quantitative estimate of drug-likeness (QED) is 0.335. The smallest absolute Gasteiger partial charge is 0.247 e. The molecule has 0 bridgehead atoms. The summed E-state index contributed by atoms with van der Waals surface area (Å²) < 4.78 is 18.3. The molecule has 1 aromatic heterocycles. The second kappa shape index (κ2) is 8.92. The molecule has 3 aromatic rings. The number of ether oxygens (including phenoxy) is 3. The van der Waals surface area contributed by atoms with Gasteiger partial charge in [-0.25, -0.2) is 0 Å². The highest BCUT2D eigenvalue weighted by molar-refractivity contribution is 9.10. The molecule has 0 spiro atoms. The molecule has 0 unspecified atom stereocenters. The monoisotopic (exact) mass is 500 g/mol. The van der Waals surface area contributed by atoms with Crippen LogP contribution in [0.2, 0.25) is 0 Å². The van der Waals surface area contributed by atoms with Crippen molar-refractivity contribution in [3.8, 4) is 28.6 Å². The Hall–Kier alpha value is -2.52. The van der Waals surface area contributed by atoms with Gasteiger partial charge in [0.05, 0.1) is 0 Å². The van der Waals surface area contributed by atoms with E-state index < -0.39 is 6.23 Å². The van der Waals surface area contributed by atoms with Crippen molar-refractivity contribution in [1.29, 1.82) is 0 Å². The van der Waals surface area contributed by atoms with Crippen LogP contribution in [0, 0.1) is 0 Å². The summed E-state index contributed by atoms with van der Waals surface area (Å²) in [4.78, 5) is 4.70. The average Bonchev–Trinajstić information content (AvgIpc) is 3.16. The summed E-state index contributed by atoms with van der Waals surface area (Å²) in [6.07, 6.45) is 3.00. The van der Waals surface area contributed by atoms with E-state index in [-0.39, 0.29) is 6.79 Å². The number of anilines is 1. The van der Waals surface area contributed by atoms with Crippen LogP contribution in [0.15, 0.2) is 46.0 Å². The molecule has 5 rings (SSSR count). The highest BCUT2D eigenvalue weighted by atomic mass is 79.9. The zero-order chi connectivity index (χ0) is 21.2. The van der Waals surface area contributed by atoms with E-state index in [0.29, 0.717) is 28.2 Å². The van der Waals surface area contributed by atoms with Crippen molar-refractivity contribution in [3.05, 3.63) is 46.4 Å². The van der Waals surface area contributed by atoms with E-state index >= 15 is 0 Å². The van der Waals surface area contributed by atoms with Gasteiger partial charge in [0.2, 0.25) is 17.8 Å². The van der Waals surface area contributed by atoms with E-state index in [1.54, 1.807) is 11.8 Å². The van der Waals surface area contributed by atoms with Gasteiger partial charge < -0.3 is 19.5 Å². The van der Waals surface area contributed by atoms with Crippen LogP contribution in [0.1, 0.15) is 38.0 Å². The molecule has 160 valence electrons. The molecule has 0 saturated carbocycles. The highest BCUT2D eigenvalue weighted by Gasteiger charge is 2.29. The first-order chi connectivity index (χ1) is 15.2. The predicted octanol–water partition coefficient (Wildman–Crippen LogP) is 5.82. The van der Waals surface area contributed by atoms with Crippen LogP contribution < -0.4 is 19.5 Å². The number of unbranched alkanes of at least 4 members (excludes halogenated alkanes) is 2. The van der Waals surface area contributed by atoms with Crippen LogP contribution >= 0.6 is 27.7 Å². The fourth-order valence-electron chi connectivity index (χ4n) is 3.50. The van der Waals surface area contributed by atoms with Crippen molar-refractivity contribution >= 4 is 33.4 Å². The van der Waals surface area contributed by atoms with Crippen molar-refractivity contribution in [2.75, 3.05) is 17.9 Å². The fourth-order valence-corrected chi connectivity index (χ4v) is 4.81. The molecule has 0 amide bonds. The molecule has 2 aliphatic heterocycles. The van der Waals surface area contributed by atoms with Crippen molar-refractivity contribution in [2.45, 2.75) is 37.6 Å². The van der Waals surface area contributed by atoms with Gasteiger partial charge in [-0.3, -0.25) is 0 Å². The Morgan fingerprint density at radius 2 is 1.97 bits per heavy atom. The zero-order valence-electron chi connectivity index (χ0n) is 16.9. The third kappa shape index (κ3) is 4.16. The van der Waals surface area contributed by atoms with Gasteiger partial charge in [-0.15, -0.1) is 10.2 Å². The van der Waals surface area contributed by atoms with Gasteiger partial charge in [-0.1, -0.05) is 65.7 Å². The molecular weight excluding hydrogens is 480 g/mol. The van der Waals surface area contributed by atoms with Crippen LogP contribution in [-0.4, -0.2) is 27.7 Å². The third-order valence-corrected chi connectivity index (χ3v) is 6.70. The molecule has 7 nitrogen and oxygen atoms in total. The molecule has 31 heavy (non-hydrogen) atoms. The Morgan fingerprint density at radius 3 is 2.84 bits per heavy atom. The topological polar surface area (TPSA) is 78.4 Å². The van der Waals surface area contributed by atoms with E-state index in [1.165, 1.54) is 12.8 Å². The van der Waals surface area contributed by atoms with Crippen LogP contribution in [-0.2, 0) is 0 Å². The maximum absolute atomic E-state index is 6.37. The number of halogens is 1. The number of benzene rings is 2. The minimum absolute atomic E-state index is 0.214. The highest BCUT2D eigenvalue weighted by Crippen LogP contribution is 2.44. The van der Waals surface area contributed by atoms with Crippen molar-refractivity contribution < 1.29 is 14.2 Å². The molecule has 0 aliphatic carbocycles. The number of fused-ring (bicyclic) bond motifs is 4. The fraction of sp³-hybridized carbons (Fsp3) is 0.318. The summed E-state index contributed by atoms with van der Waals surface area (Å²) in [5, 5.41) is 12.9. The lowest BCUT2D eigenvalue weighted by molar-refractivity contribution is 0.173. The Morgan fingerprint density at radius 1 is 1.13 bits per heavy atom. The molecule has 9 heteroatoms. The van der Waals surface area contributed by atoms with E-state index in [0.717, 1.165) is 33.5 Å². The number of hydrogen-bond acceptors (Lipinski definition) is 8. The normalized spacial score (nSPS) is 16.0. The van der Waals surface area contributed by atoms with Gasteiger partial charge in [0.15, 0.2) is 23.4 Å². The maximum atomic E-state index is 6.37. The van der Waals surface area contributed by atoms with Gasteiger partial charge in [0, 0.05) is 27.0 Å². The zero-order valence-corrected chi connectivity index (χ0v) is 19.3. The van der Waals surface area contributed by atoms with Crippen LogP contribution in [0.5, 0.6) is 17.4 Å². The standard InChI is InChI=1S/C22H21BrN4O3S/c1-2-3-6-9-31-22-25-21-19(26-27-22)13-7-4-5-8-16(13)24-20(30-21)14-10-17-18(11-15(14)23)29-12-28-17/h4-5,7-8,10-11,20,24H,2-3,6,9,12H2,1H3/t20-/m1/s1. The minimum Gasteiger partial charge on any atom is -0.454 e. The second-order valence-corrected chi connectivity index (χ2v) is 9.13. The van der Waals surface area contributed by atoms with Gasteiger partial charge in [-0.2, -0.15) is 4.98 Å². The molecule has 3 heterocycles. The van der Waals surface area contributed by atoms with Gasteiger partial charge in [-0.05, 0) is 24.6 Å². The number of thioether (sulfide) groups is 1. The first kappa shape index (κ1) is 20.4. The van der Waals surface area contributed by atoms with Crippen molar-refractivity contribution in [1.82, 2.24) is 15.2 Å². The SMILES string of the molecule is CCCCCSc1nnc2c(n1)O[C@H](c1cc3c(cc1Br)OCO3)Nc1ccccc1-2. The molecule has 0 saturated heterocycles. The Bertz CT molecular complexity index is 1110. The Labute approximate surface area is 193 Å². The van der Waals surface area contributed by atoms with Gasteiger partial charge >= 0.3 is 0 Å². The largest absolute Gasteiger partial charge is 0.454 e. The lowest BCUT2D eigenvalue weighted by Crippen LogP contribution is -2.17. The maximum Gasteiger partial charge on any atom is 0.247 e. The van der Waals surface area contributed by atoms with Crippen molar-refractivity contribution in [3.63, 3.8) is 0 Å². The molecule has 1 atom stereocenters. The van der Waals surface area contributed by atoms with E-state index in [2.05, 4.69) is 38.4 Å². The Balaban J connectivity index is 1.52. The number of para-hydroxylation sites is 1. The first-order valence-corrected chi connectivity index (χ1v) is 12.0. The predicted molar refractivity (Wildman–Crippen MR) is 123 cm³/mol. The van der Waals surface area contributed by atoms with E-state index in [1.807, 2.05) is 36.4 Å². The summed E-state index contributed by atoms with van der Waals surface area (Å²) in [6.45, 7) is 2.41. The molecule has 2 aliphatic rings. The summed E-state index contributed by atoms with van der Waals surface area (Å²) in [7, 11) is 0. The van der Waals surface area contributed by atoms with Gasteiger partial charge in [0.25, 0.3) is 0 Å². The number of rotatable bonds is 6. The number of nitrogens with one attached hydrogen (secondary N) is 1. The molecule has 0 radical (unpaired) electrons. The summed E-state index contributed by atoms with van der Waals surface area (Å²) in [5.41, 5.74) is 3.30. The van der Waals surface area contributed by atoms with Gasteiger partial charge in [0.1, 0.15) is 0 Å². The number of nitrogens with zero attached hydrogens (tertiary/aromatic N) is 3. The average molecular weight is 501 g/mol. The number of hydrogen-bond donors (Lipinski definition) is 1. The van der Waals surface area contributed by atoms with E-state index in [9.17, 15) is 0 Å². The number of aromatic nitrogens is 3. The summed E-state index contributed by atoms with van der Waals surface area (Å²) in [5.74, 6) is 2.81. The van der Waals surface area contributed by atoms with Crippen LogP contribution in [0.25, 0.3) is 11.3 Å². The lowest BCUT2D eigenvalue weighted by Gasteiger charge is -2.20. The molecule has 0 fully saturated rings. The Kier molecular flexibility index (Phi) is 5.87.